The molecule has 0 radical (unpaired) electrons. The zero-order valence-corrected chi connectivity index (χ0v) is 18.5. The van der Waals surface area contributed by atoms with Crippen molar-refractivity contribution in [3.63, 3.8) is 0 Å². The van der Waals surface area contributed by atoms with Crippen LogP contribution in [0.25, 0.3) is 44.7 Å². The number of carboxylic acid groups (broad SMARTS) is 1. The van der Waals surface area contributed by atoms with Crippen molar-refractivity contribution in [2.45, 2.75) is 38.0 Å². The molecule has 1 fully saturated rings. The Kier molecular flexibility index (Phi) is 5.05. The third kappa shape index (κ3) is 3.81. The van der Waals surface area contributed by atoms with E-state index in [1.807, 2.05) is 30.5 Å². The molecular formula is C26H24N6O2. The molecule has 5 aromatic rings. The van der Waals surface area contributed by atoms with E-state index in [1.54, 1.807) is 0 Å². The van der Waals surface area contributed by atoms with Gasteiger partial charge in [-0.25, -0.2) is 15.2 Å². The lowest BCUT2D eigenvalue weighted by molar-refractivity contribution is -0.138. The minimum absolute atomic E-state index is 0.297. The number of nitrogens with zero attached hydrogens (tertiary/aromatic N) is 4. The Labute approximate surface area is 195 Å². The van der Waals surface area contributed by atoms with Crippen molar-refractivity contribution in [1.29, 1.82) is 0 Å². The van der Waals surface area contributed by atoms with Gasteiger partial charge in [0, 0.05) is 23.7 Å². The van der Waals surface area contributed by atoms with Gasteiger partial charge in [0.25, 0.3) is 0 Å². The topological polar surface area (TPSA) is 120 Å². The maximum absolute atomic E-state index is 11.0. The highest BCUT2D eigenvalue weighted by Crippen LogP contribution is 2.37. The number of imidazole rings is 1. The largest absolute Gasteiger partial charge is 0.481 e. The summed E-state index contributed by atoms with van der Waals surface area (Å²) in [6.07, 6.45) is 6.21. The van der Waals surface area contributed by atoms with Crippen molar-refractivity contribution in [2.24, 2.45) is 5.92 Å². The molecule has 170 valence electrons. The SMILES string of the molecule is O=C(O)CC1CCC(c2ccc(-c3ccc(-c4nc5ccc6[nH][nH]nc6c5n4)cn3)cc2)CC1. The summed E-state index contributed by atoms with van der Waals surface area (Å²) in [5.74, 6) is 0.788. The molecule has 1 aliphatic carbocycles. The van der Waals surface area contributed by atoms with Crippen molar-refractivity contribution in [2.75, 3.05) is 0 Å². The summed E-state index contributed by atoms with van der Waals surface area (Å²) in [4.78, 5) is 24.9. The van der Waals surface area contributed by atoms with Crippen LogP contribution < -0.4 is 0 Å². The van der Waals surface area contributed by atoms with Gasteiger partial charge in [0.2, 0.25) is 0 Å². The van der Waals surface area contributed by atoms with Gasteiger partial charge in [-0.2, -0.15) is 5.10 Å². The standard InChI is InChI=1S/C26H24N6O2/c33-23(34)13-15-1-3-16(4-2-15)17-5-7-18(8-6-17)20-10-9-19(14-27-20)26-28-21-11-12-22-25(24(21)29-26)31-32-30-22/h5-12,14-16,30,32H,1-4,13H2,(H,33,34). The number of pyridine rings is 1. The van der Waals surface area contributed by atoms with Gasteiger partial charge in [-0.05, 0) is 67.3 Å². The molecule has 1 aliphatic rings. The minimum atomic E-state index is -0.682. The average molecular weight is 453 g/mol. The number of H-pyrrole nitrogens is 2. The van der Waals surface area contributed by atoms with E-state index >= 15 is 0 Å². The first-order valence-corrected chi connectivity index (χ1v) is 11.6. The number of carboxylic acids is 1. The molecule has 1 saturated carbocycles. The molecule has 6 rings (SSSR count). The number of fused-ring (bicyclic) bond motifs is 3. The third-order valence-electron chi connectivity index (χ3n) is 6.94. The van der Waals surface area contributed by atoms with Crippen LogP contribution in [0.3, 0.4) is 0 Å². The summed E-state index contributed by atoms with van der Waals surface area (Å²) in [5, 5.41) is 19.0. The lowest BCUT2D eigenvalue weighted by Gasteiger charge is -2.28. The van der Waals surface area contributed by atoms with E-state index in [2.05, 4.69) is 54.6 Å². The lowest BCUT2D eigenvalue weighted by atomic mass is 9.77. The predicted octanol–water partition coefficient (Wildman–Crippen LogP) is 5.31. The van der Waals surface area contributed by atoms with E-state index in [0.717, 1.165) is 64.6 Å². The van der Waals surface area contributed by atoms with Gasteiger partial charge in [-0.1, -0.05) is 24.3 Å². The fourth-order valence-electron chi connectivity index (χ4n) is 5.07. The molecule has 0 unspecified atom stereocenters. The van der Waals surface area contributed by atoms with Crippen molar-refractivity contribution < 1.29 is 9.90 Å². The second kappa shape index (κ2) is 8.37. The van der Waals surface area contributed by atoms with Gasteiger partial charge in [0.05, 0.1) is 16.7 Å². The Morgan fingerprint density at radius 3 is 2.44 bits per heavy atom. The molecule has 0 atom stereocenters. The van der Waals surface area contributed by atoms with Gasteiger partial charge in [-0.15, -0.1) is 0 Å². The van der Waals surface area contributed by atoms with Gasteiger partial charge in [0.1, 0.15) is 11.0 Å². The number of aromatic amines is 2. The molecule has 0 saturated heterocycles. The van der Waals surface area contributed by atoms with Crippen LogP contribution in [0.2, 0.25) is 0 Å². The first-order valence-electron chi connectivity index (χ1n) is 11.6. The molecule has 0 amide bonds. The fraction of sp³-hybridized carbons (Fsp3) is 0.269. The molecule has 8 heteroatoms. The number of carbonyl (C=O) groups is 1. The van der Waals surface area contributed by atoms with Crippen molar-refractivity contribution >= 4 is 28.0 Å². The van der Waals surface area contributed by atoms with Gasteiger partial charge >= 0.3 is 5.97 Å². The second-order valence-corrected chi connectivity index (χ2v) is 9.09. The molecular weight excluding hydrogens is 428 g/mol. The molecule has 8 nitrogen and oxygen atoms in total. The van der Waals surface area contributed by atoms with Crippen LogP contribution in [0.15, 0.2) is 54.7 Å². The number of hydrogen-bond donors (Lipinski definition) is 3. The highest BCUT2D eigenvalue weighted by atomic mass is 16.4. The van der Waals surface area contributed by atoms with Crippen LogP contribution in [-0.2, 0) is 4.79 Å². The Morgan fingerprint density at radius 1 is 0.912 bits per heavy atom. The molecule has 3 aromatic heterocycles. The summed E-state index contributed by atoms with van der Waals surface area (Å²) < 4.78 is 0. The van der Waals surface area contributed by atoms with Crippen LogP contribution in [-0.4, -0.2) is 41.4 Å². The van der Waals surface area contributed by atoms with Gasteiger partial charge < -0.3 is 5.11 Å². The number of hydrogen-bond acceptors (Lipinski definition) is 5. The predicted molar refractivity (Wildman–Crippen MR) is 129 cm³/mol. The van der Waals surface area contributed by atoms with Crippen molar-refractivity contribution in [1.82, 2.24) is 30.4 Å². The Hall–Kier alpha value is -4.07. The molecule has 0 bridgehead atoms. The number of aromatic nitrogens is 6. The maximum atomic E-state index is 11.0. The molecule has 3 N–H and O–H groups in total. The van der Waals surface area contributed by atoms with E-state index < -0.39 is 5.97 Å². The zero-order valence-electron chi connectivity index (χ0n) is 18.5. The van der Waals surface area contributed by atoms with Crippen molar-refractivity contribution in [3.8, 4) is 22.6 Å². The van der Waals surface area contributed by atoms with Gasteiger partial charge in [-0.3, -0.25) is 14.9 Å². The Morgan fingerprint density at radius 2 is 1.71 bits per heavy atom. The normalized spacial score (nSPS) is 18.5. The van der Waals surface area contributed by atoms with E-state index in [1.165, 1.54) is 5.56 Å². The molecule has 34 heavy (non-hydrogen) atoms. The summed E-state index contributed by atoms with van der Waals surface area (Å²) in [6.45, 7) is 0. The summed E-state index contributed by atoms with van der Waals surface area (Å²) in [7, 11) is 0. The number of nitrogens with one attached hydrogen (secondary N) is 2. The molecule has 3 heterocycles. The minimum Gasteiger partial charge on any atom is -0.481 e. The van der Waals surface area contributed by atoms with Crippen LogP contribution in [0.1, 0.15) is 43.6 Å². The number of benzene rings is 2. The van der Waals surface area contributed by atoms with Crippen LogP contribution >= 0.6 is 0 Å². The highest BCUT2D eigenvalue weighted by molar-refractivity contribution is 6.00. The van der Waals surface area contributed by atoms with Crippen LogP contribution in [0, 0.1) is 5.92 Å². The lowest BCUT2D eigenvalue weighted by Crippen LogP contribution is -2.16. The van der Waals surface area contributed by atoms with E-state index in [0.29, 0.717) is 24.1 Å². The molecule has 0 spiro atoms. The Bertz CT molecular complexity index is 1460. The monoisotopic (exact) mass is 452 g/mol. The zero-order chi connectivity index (χ0) is 23.1. The van der Waals surface area contributed by atoms with Crippen LogP contribution in [0.4, 0.5) is 0 Å². The molecule has 2 aromatic carbocycles. The third-order valence-corrected chi connectivity index (χ3v) is 6.94. The second-order valence-electron chi connectivity index (χ2n) is 9.09. The number of aliphatic carboxylic acids is 1. The first-order chi connectivity index (χ1) is 16.6. The first kappa shape index (κ1) is 20.5. The van der Waals surface area contributed by atoms with E-state index in [4.69, 9.17) is 5.11 Å². The summed E-state index contributed by atoms with van der Waals surface area (Å²) >= 11 is 0. The van der Waals surface area contributed by atoms with Crippen molar-refractivity contribution in [3.05, 3.63) is 60.3 Å². The quantitative estimate of drug-likeness (QED) is 0.332. The van der Waals surface area contributed by atoms with E-state index in [-0.39, 0.29) is 0 Å². The Balaban J connectivity index is 1.18. The number of rotatable bonds is 5. The fourth-order valence-corrected chi connectivity index (χ4v) is 5.07. The van der Waals surface area contributed by atoms with Crippen LogP contribution in [0.5, 0.6) is 0 Å². The maximum Gasteiger partial charge on any atom is 0.303 e. The van der Waals surface area contributed by atoms with E-state index in [9.17, 15) is 4.79 Å². The highest BCUT2D eigenvalue weighted by Gasteiger charge is 2.24. The molecule has 0 aliphatic heterocycles. The average Bonchev–Trinajstić information content (AvgIpc) is 3.51. The van der Waals surface area contributed by atoms with Gasteiger partial charge in [0.15, 0.2) is 5.82 Å². The smallest absolute Gasteiger partial charge is 0.303 e. The summed E-state index contributed by atoms with van der Waals surface area (Å²) in [6, 6.07) is 16.5. The summed E-state index contributed by atoms with van der Waals surface area (Å²) in [5.41, 5.74) is 7.40.